The lowest BCUT2D eigenvalue weighted by atomic mass is 9.87. The van der Waals surface area contributed by atoms with Crippen molar-refractivity contribution < 1.29 is 9.00 Å². The van der Waals surface area contributed by atoms with Crippen LogP contribution in [0.4, 0.5) is 0 Å². The molecule has 2 rings (SSSR count). The highest BCUT2D eigenvalue weighted by Crippen LogP contribution is 2.25. The predicted molar refractivity (Wildman–Crippen MR) is 92.5 cm³/mol. The maximum Gasteiger partial charge on any atom is 0.232 e. The lowest BCUT2D eigenvalue weighted by molar-refractivity contribution is -0.118. The summed E-state index contributed by atoms with van der Waals surface area (Å²) in [6.45, 7) is 4.60. The first-order valence-electron chi connectivity index (χ1n) is 8.09. The van der Waals surface area contributed by atoms with Gasteiger partial charge in [-0.25, -0.2) is 4.98 Å². The summed E-state index contributed by atoms with van der Waals surface area (Å²) in [4.78, 5) is 17.2. The molecule has 1 heterocycles. The van der Waals surface area contributed by atoms with Crippen molar-refractivity contribution in [1.29, 1.82) is 0 Å². The van der Waals surface area contributed by atoms with Crippen LogP contribution in [0, 0.1) is 19.8 Å². The largest absolute Gasteiger partial charge is 0.355 e. The van der Waals surface area contributed by atoms with Gasteiger partial charge >= 0.3 is 0 Å². The van der Waals surface area contributed by atoms with Gasteiger partial charge in [-0.15, -0.1) is 11.3 Å². The molecule has 4 nitrogen and oxygen atoms in total. The summed E-state index contributed by atoms with van der Waals surface area (Å²) < 4.78 is 12.1. The van der Waals surface area contributed by atoms with Crippen LogP contribution >= 0.6 is 11.3 Å². The molecule has 1 N–H and O–H groups in total. The monoisotopic (exact) mass is 342 g/mol. The third-order valence-electron chi connectivity index (χ3n) is 4.18. The van der Waals surface area contributed by atoms with E-state index in [0.717, 1.165) is 34.5 Å². The van der Waals surface area contributed by atoms with Crippen molar-refractivity contribution in [2.75, 3.05) is 12.3 Å². The van der Waals surface area contributed by atoms with Gasteiger partial charge in [0, 0.05) is 22.2 Å². The van der Waals surface area contributed by atoms with E-state index in [9.17, 15) is 9.00 Å². The van der Waals surface area contributed by atoms with Crippen LogP contribution in [0.1, 0.15) is 54.1 Å². The number of carbonyl (C=O) groups excluding carboxylic acids is 1. The van der Waals surface area contributed by atoms with Crippen molar-refractivity contribution in [3.63, 3.8) is 0 Å². The third-order valence-corrected chi connectivity index (χ3v) is 6.63. The van der Waals surface area contributed by atoms with E-state index in [4.69, 9.17) is 0 Å². The van der Waals surface area contributed by atoms with Gasteiger partial charge in [0.2, 0.25) is 5.91 Å². The van der Waals surface area contributed by atoms with Crippen LogP contribution in [-0.4, -0.2) is 27.4 Å². The van der Waals surface area contributed by atoms with Gasteiger partial charge in [0.1, 0.15) is 5.75 Å². The average molecular weight is 343 g/mol. The molecule has 1 aliphatic carbocycles. The quantitative estimate of drug-likeness (QED) is 0.828. The molecule has 0 spiro atoms. The molecule has 0 saturated heterocycles. The van der Waals surface area contributed by atoms with Crippen molar-refractivity contribution in [2.24, 2.45) is 5.92 Å². The van der Waals surface area contributed by atoms with Crippen LogP contribution in [0.5, 0.6) is 0 Å². The topological polar surface area (TPSA) is 59.1 Å². The molecule has 22 heavy (non-hydrogen) atoms. The minimum absolute atomic E-state index is 0.0898. The number of nitrogens with one attached hydrogen (secondary N) is 1. The van der Waals surface area contributed by atoms with Crippen LogP contribution < -0.4 is 5.32 Å². The van der Waals surface area contributed by atoms with E-state index in [0.29, 0.717) is 5.75 Å². The molecule has 1 fully saturated rings. The highest BCUT2D eigenvalue weighted by molar-refractivity contribution is 7.85. The zero-order valence-corrected chi connectivity index (χ0v) is 15.2. The fraction of sp³-hybridized carbons (Fsp3) is 0.750. The fourth-order valence-corrected chi connectivity index (χ4v) is 5.35. The molecule has 1 aliphatic rings. The van der Waals surface area contributed by atoms with Crippen LogP contribution in [0.25, 0.3) is 0 Å². The molecule has 1 amide bonds. The Bertz CT molecular complexity index is 522. The van der Waals surface area contributed by atoms with Crippen molar-refractivity contribution in [1.82, 2.24) is 10.3 Å². The molecular weight excluding hydrogens is 316 g/mol. The number of hydrogen-bond acceptors (Lipinski definition) is 4. The van der Waals surface area contributed by atoms with E-state index >= 15 is 0 Å². The van der Waals surface area contributed by atoms with Crippen LogP contribution in [0.3, 0.4) is 0 Å². The molecule has 6 heteroatoms. The fourth-order valence-electron chi connectivity index (χ4n) is 2.99. The summed E-state index contributed by atoms with van der Waals surface area (Å²) in [5, 5.41) is 3.91. The van der Waals surface area contributed by atoms with Crippen molar-refractivity contribution in [3.8, 4) is 0 Å². The van der Waals surface area contributed by atoms with E-state index in [1.807, 2.05) is 13.8 Å². The van der Waals surface area contributed by atoms with Crippen LogP contribution in [0.2, 0.25) is 0 Å². The smallest absolute Gasteiger partial charge is 0.232 e. The Morgan fingerprint density at radius 3 is 2.68 bits per heavy atom. The maximum atomic E-state index is 12.1. The minimum atomic E-state index is -1.15. The maximum absolute atomic E-state index is 12.1. The number of carbonyl (C=O) groups is 1. The molecule has 0 radical (unpaired) electrons. The van der Waals surface area contributed by atoms with Gasteiger partial charge < -0.3 is 5.32 Å². The Kier molecular flexibility index (Phi) is 7.02. The Morgan fingerprint density at radius 1 is 1.32 bits per heavy atom. The minimum Gasteiger partial charge on any atom is -0.355 e. The Morgan fingerprint density at radius 2 is 2.05 bits per heavy atom. The number of aromatic nitrogens is 1. The summed E-state index contributed by atoms with van der Waals surface area (Å²) in [7, 11) is -1.15. The summed E-state index contributed by atoms with van der Waals surface area (Å²) in [6.07, 6.45) is 7.67. The zero-order valence-electron chi connectivity index (χ0n) is 13.5. The van der Waals surface area contributed by atoms with Crippen molar-refractivity contribution in [3.05, 3.63) is 15.6 Å². The van der Waals surface area contributed by atoms with Gasteiger partial charge in [-0.2, -0.15) is 0 Å². The third kappa shape index (κ3) is 5.80. The van der Waals surface area contributed by atoms with Crippen molar-refractivity contribution in [2.45, 2.75) is 58.1 Å². The van der Waals surface area contributed by atoms with Gasteiger partial charge in [0.15, 0.2) is 0 Å². The van der Waals surface area contributed by atoms with E-state index < -0.39 is 10.8 Å². The van der Waals surface area contributed by atoms with E-state index in [-0.39, 0.29) is 11.7 Å². The SMILES string of the molecule is Cc1nc(C)c(C[S@](=O)CC(=O)NCCC2CCCCC2)s1. The molecule has 0 aliphatic heterocycles. The first kappa shape index (κ1) is 17.6. The summed E-state index contributed by atoms with van der Waals surface area (Å²) in [5.74, 6) is 1.21. The Balaban J connectivity index is 1.65. The molecule has 1 saturated carbocycles. The van der Waals surface area contributed by atoms with Gasteiger partial charge in [0.05, 0.1) is 16.5 Å². The Labute approximate surface area is 139 Å². The summed E-state index contributed by atoms with van der Waals surface area (Å²) in [6, 6.07) is 0. The molecule has 1 atom stereocenters. The summed E-state index contributed by atoms with van der Waals surface area (Å²) in [5.41, 5.74) is 0.938. The molecule has 0 bridgehead atoms. The number of amides is 1. The normalized spacial score (nSPS) is 17.4. The highest BCUT2D eigenvalue weighted by Gasteiger charge is 2.15. The Hall–Kier alpha value is -0.750. The number of thiazole rings is 1. The lowest BCUT2D eigenvalue weighted by Gasteiger charge is -2.21. The molecule has 1 aromatic rings. The van der Waals surface area contributed by atoms with E-state index in [1.165, 1.54) is 32.1 Å². The number of aryl methyl sites for hydroxylation is 2. The summed E-state index contributed by atoms with van der Waals surface area (Å²) >= 11 is 1.57. The molecular formula is C16H26N2O2S2. The van der Waals surface area contributed by atoms with Crippen LogP contribution in [0.15, 0.2) is 0 Å². The van der Waals surface area contributed by atoms with Crippen molar-refractivity contribution >= 4 is 28.0 Å². The first-order valence-corrected chi connectivity index (χ1v) is 10.4. The molecule has 124 valence electrons. The molecule has 0 aromatic carbocycles. The van der Waals surface area contributed by atoms with Gasteiger partial charge in [-0.05, 0) is 26.2 Å². The van der Waals surface area contributed by atoms with Gasteiger partial charge in [-0.3, -0.25) is 9.00 Å². The standard InChI is InChI=1S/C16H26N2O2S2/c1-12-15(21-13(2)18-12)10-22(20)11-16(19)17-9-8-14-6-4-3-5-7-14/h14H,3-11H2,1-2H3,(H,17,19)/t22-/m0/s1. The number of rotatable bonds is 7. The second-order valence-corrected chi connectivity index (χ2v) is 8.86. The highest BCUT2D eigenvalue weighted by atomic mass is 32.2. The van der Waals surface area contributed by atoms with Crippen LogP contribution in [-0.2, 0) is 21.3 Å². The number of hydrogen-bond donors (Lipinski definition) is 1. The molecule has 1 aromatic heterocycles. The second-order valence-electron chi connectivity index (χ2n) is 6.11. The molecule has 0 unspecified atom stereocenters. The van der Waals surface area contributed by atoms with Gasteiger partial charge in [0.25, 0.3) is 0 Å². The zero-order chi connectivity index (χ0) is 15.9. The van der Waals surface area contributed by atoms with Gasteiger partial charge in [-0.1, -0.05) is 32.1 Å². The van der Waals surface area contributed by atoms with E-state index in [1.54, 1.807) is 11.3 Å². The lowest BCUT2D eigenvalue weighted by Crippen LogP contribution is -2.30. The van der Waals surface area contributed by atoms with E-state index in [2.05, 4.69) is 10.3 Å². The average Bonchev–Trinajstić information content (AvgIpc) is 2.77. The first-order chi connectivity index (χ1) is 10.5. The number of nitrogens with zero attached hydrogens (tertiary/aromatic N) is 1. The second kappa shape index (κ2) is 8.77. The predicted octanol–water partition coefficient (Wildman–Crippen LogP) is 3.10.